The van der Waals surface area contributed by atoms with E-state index >= 15 is 0 Å². The quantitative estimate of drug-likeness (QED) is 0.628. The summed E-state index contributed by atoms with van der Waals surface area (Å²) < 4.78 is 11.1. The van der Waals surface area contributed by atoms with Crippen LogP contribution in [0.15, 0.2) is 18.2 Å². The SMILES string of the molecule is CCN(Cc1ccc(OC)c(OC)c1)C(=O)CSC12CC3CC(CC(C3)C1)C2. The predicted octanol–water partition coefficient (Wildman–Crippen LogP) is 4.75. The van der Waals surface area contributed by atoms with Gasteiger partial charge in [0.2, 0.25) is 5.91 Å². The van der Waals surface area contributed by atoms with E-state index in [1.165, 1.54) is 38.5 Å². The summed E-state index contributed by atoms with van der Waals surface area (Å²) in [5.41, 5.74) is 1.08. The molecule has 0 unspecified atom stereocenters. The molecule has 0 heterocycles. The molecular formula is C23H33NO3S. The zero-order valence-corrected chi connectivity index (χ0v) is 18.2. The third kappa shape index (κ3) is 4.00. The summed E-state index contributed by atoms with van der Waals surface area (Å²) in [6.07, 6.45) is 8.40. The van der Waals surface area contributed by atoms with Crippen molar-refractivity contribution in [3.8, 4) is 11.5 Å². The Morgan fingerprint density at radius 2 is 1.68 bits per heavy atom. The summed E-state index contributed by atoms with van der Waals surface area (Å²) in [7, 11) is 3.29. The Labute approximate surface area is 173 Å². The van der Waals surface area contributed by atoms with E-state index in [0.717, 1.165) is 35.6 Å². The summed E-state index contributed by atoms with van der Waals surface area (Å²) in [6.45, 7) is 3.42. The molecule has 28 heavy (non-hydrogen) atoms. The lowest BCUT2D eigenvalue weighted by molar-refractivity contribution is -0.128. The van der Waals surface area contributed by atoms with E-state index in [1.54, 1.807) is 14.2 Å². The minimum Gasteiger partial charge on any atom is -0.493 e. The average molecular weight is 404 g/mol. The first-order valence-corrected chi connectivity index (χ1v) is 11.7. The van der Waals surface area contributed by atoms with Crippen LogP contribution in [0.3, 0.4) is 0 Å². The van der Waals surface area contributed by atoms with Gasteiger partial charge in [0.1, 0.15) is 0 Å². The highest BCUT2D eigenvalue weighted by Crippen LogP contribution is 2.60. The Hall–Kier alpha value is -1.36. The van der Waals surface area contributed by atoms with Gasteiger partial charge >= 0.3 is 0 Å². The molecule has 1 aromatic rings. The molecule has 0 saturated heterocycles. The number of amides is 1. The van der Waals surface area contributed by atoms with Gasteiger partial charge in [-0.1, -0.05) is 6.07 Å². The third-order valence-electron chi connectivity index (χ3n) is 7.04. The van der Waals surface area contributed by atoms with Gasteiger partial charge in [-0.15, -0.1) is 11.8 Å². The number of ether oxygens (including phenoxy) is 2. The summed E-state index contributed by atoms with van der Waals surface area (Å²) in [4.78, 5) is 15.0. The molecule has 1 aromatic carbocycles. The normalized spacial score (nSPS) is 30.3. The zero-order valence-electron chi connectivity index (χ0n) is 17.4. The fraction of sp³-hybridized carbons (Fsp3) is 0.696. The van der Waals surface area contributed by atoms with Crippen LogP contribution < -0.4 is 9.47 Å². The van der Waals surface area contributed by atoms with Gasteiger partial charge in [-0.05, 0) is 80.9 Å². The fourth-order valence-corrected chi connectivity index (χ4v) is 7.76. The monoisotopic (exact) mass is 403 g/mol. The average Bonchev–Trinajstić information content (AvgIpc) is 2.69. The summed E-state index contributed by atoms with van der Waals surface area (Å²) in [5.74, 6) is 5.11. The number of nitrogens with zero attached hydrogens (tertiary/aromatic N) is 1. The highest BCUT2D eigenvalue weighted by molar-refractivity contribution is 8.01. The van der Waals surface area contributed by atoms with Gasteiger partial charge in [0.05, 0.1) is 20.0 Å². The van der Waals surface area contributed by atoms with Crippen LogP contribution in [0.4, 0.5) is 0 Å². The Morgan fingerprint density at radius 1 is 1.07 bits per heavy atom. The lowest BCUT2D eigenvalue weighted by Gasteiger charge is -2.56. The molecule has 5 rings (SSSR count). The molecule has 4 nitrogen and oxygen atoms in total. The molecule has 0 aromatic heterocycles. The van der Waals surface area contributed by atoms with Crippen LogP contribution in [0, 0.1) is 17.8 Å². The predicted molar refractivity (Wildman–Crippen MR) is 114 cm³/mol. The van der Waals surface area contributed by atoms with Crippen LogP contribution in [-0.2, 0) is 11.3 Å². The first-order valence-electron chi connectivity index (χ1n) is 10.7. The largest absolute Gasteiger partial charge is 0.493 e. The first kappa shape index (κ1) is 19.9. The zero-order chi connectivity index (χ0) is 19.7. The van der Waals surface area contributed by atoms with E-state index in [4.69, 9.17) is 9.47 Å². The number of thioether (sulfide) groups is 1. The summed E-state index contributed by atoms with van der Waals surface area (Å²) in [6, 6.07) is 5.90. The first-order chi connectivity index (χ1) is 13.5. The van der Waals surface area contributed by atoms with Crippen LogP contribution in [0.5, 0.6) is 11.5 Å². The van der Waals surface area contributed by atoms with Gasteiger partial charge in [0.15, 0.2) is 11.5 Å². The van der Waals surface area contributed by atoms with E-state index < -0.39 is 0 Å². The molecule has 154 valence electrons. The minimum atomic E-state index is 0.262. The van der Waals surface area contributed by atoms with Crippen LogP contribution in [0.2, 0.25) is 0 Å². The maximum Gasteiger partial charge on any atom is 0.232 e. The number of hydrogen-bond acceptors (Lipinski definition) is 4. The van der Waals surface area contributed by atoms with Crippen LogP contribution >= 0.6 is 11.8 Å². The molecule has 4 fully saturated rings. The Balaban J connectivity index is 1.37. The summed E-state index contributed by atoms with van der Waals surface area (Å²) >= 11 is 1.97. The minimum absolute atomic E-state index is 0.262. The number of hydrogen-bond donors (Lipinski definition) is 0. The second-order valence-electron chi connectivity index (χ2n) is 8.99. The van der Waals surface area contributed by atoms with E-state index in [9.17, 15) is 4.79 Å². The molecule has 0 atom stereocenters. The van der Waals surface area contributed by atoms with Gasteiger partial charge in [-0.3, -0.25) is 4.79 Å². The fourth-order valence-electron chi connectivity index (χ4n) is 6.09. The molecular weight excluding hydrogens is 370 g/mol. The topological polar surface area (TPSA) is 38.8 Å². The highest BCUT2D eigenvalue weighted by atomic mass is 32.2. The number of methoxy groups -OCH3 is 2. The maximum atomic E-state index is 13.0. The van der Waals surface area contributed by atoms with Crippen molar-refractivity contribution in [2.24, 2.45) is 17.8 Å². The van der Waals surface area contributed by atoms with Crippen molar-refractivity contribution in [1.82, 2.24) is 4.90 Å². The number of carbonyl (C=O) groups is 1. The van der Waals surface area contributed by atoms with Gasteiger partial charge in [-0.2, -0.15) is 0 Å². The molecule has 0 radical (unpaired) electrons. The number of benzene rings is 1. The van der Waals surface area contributed by atoms with Gasteiger partial charge < -0.3 is 14.4 Å². The molecule has 4 saturated carbocycles. The van der Waals surface area contributed by atoms with Crippen molar-refractivity contribution >= 4 is 17.7 Å². The van der Waals surface area contributed by atoms with Gasteiger partial charge in [0, 0.05) is 17.8 Å². The van der Waals surface area contributed by atoms with E-state index in [-0.39, 0.29) is 5.91 Å². The molecule has 0 aliphatic heterocycles. The smallest absolute Gasteiger partial charge is 0.232 e. The lowest BCUT2D eigenvalue weighted by Crippen LogP contribution is -2.49. The number of carbonyl (C=O) groups excluding carboxylic acids is 1. The lowest BCUT2D eigenvalue weighted by atomic mass is 9.56. The van der Waals surface area contributed by atoms with E-state index in [0.29, 0.717) is 22.8 Å². The second-order valence-corrected chi connectivity index (χ2v) is 10.4. The van der Waals surface area contributed by atoms with Crippen LogP contribution in [0.1, 0.15) is 51.0 Å². The summed E-state index contributed by atoms with van der Waals surface area (Å²) in [5, 5.41) is 0. The van der Waals surface area contributed by atoms with Crippen LogP contribution in [-0.4, -0.2) is 42.1 Å². The third-order valence-corrected chi connectivity index (χ3v) is 8.54. The van der Waals surface area contributed by atoms with Crippen molar-refractivity contribution in [2.75, 3.05) is 26.5 Å². The Kier molecular flexibility index (Phi) is 5.82. The van der Waals surface area contributed by atoms with Gasteiger partial charge in [-0.25, -0.2) is 0 Å². The Bertz CT molecular complexity index is 685. The molecule has 4 aliphatic rings. The van der Waals surface area contributed by atoms with Crippen molar-refractivity contribution in [2.45, 2.75) is 56.7 Å². The molecule has 1 amide bonds. The standard InChI is InChI=1S/C23H33NO3S/c1-4-24(14-16-5-6-20(26-2)21(10-16)27-3)22(25)15-28-23-11-17-7-18(12-23)9-19(8-17)13-23/h5-6,10,17-19H,4,7-9,11-15H2,1-3H3. The van der Waals surface area contributed by atoms with E-state index in [2.05, 4.69) is 6.92 Å². The maximum absolute atomic E-state index is 13.0. The van der Waals surface area contributed by atoms with Gasteiger partial charge in [0.25, 0.3) is 0 Å². The van der Waals surface area contributed by atoms with Crippen LogP contribution in [0.25, 0.3) is 0 Å². The molecule has 4 aliphatic carbocycles. The molecule has 0 spiro atoms. The highest BCUT2D eigenvalue weighted by Gasteiger charge is 2.51. The Morgan fingerprint density at radius 3 is 2.21 bits per heavy atom. The molecule has 4 bridgehead atoms. The van der Waals surface area contributed by atoms with Crippen molar-refractivity contribution in [1.29, 1.82) is 0 Å². The van der Waals surface area contributed by atoms with Crippen molar-refractivity contribution in [3.63, 3.8) is 0 Å². The number of rotatable bonds is 8. The second kappa shape index (κ2) is 8.17. The molecule has 5 heteroatoms. The van der Waals surface area contributed by atoms with E-state index in [1.807, 2.05) is 34.9 Å². The van der Waals surface area contributed by atoms with Crippen molar-refractivity contribution in [3.05, 3.63) is 23.8 Å². The van der Waals surface area contributed by atoms with Crippen molar-refractivity contribution < 1.29 is 14.3 Å². The molecule has 0 N–H and O–H groups in total.